The maximum Gasteiger partial charge on any atom is 0.257 e. The maximum atomic E-state index is 12.2. The second kappa shape index (κ2) is 7.71. The van der Waals surface area contributed by atoms with E-state index in [4.69, 9.17) is 10.2 Å². The molecule has 25 heavy (non-hydrogen) atoms. The number of primary amides is 1. The van der Waals surface area contributed by atoms with Gasteiger partial charge in [0.15, 0.2) is 5.58 Å². The molecule has 3 N–H and O–H groups in total. The lowest BCUT2D eigenvalue weighted by atomic mass is 10.1. The van der Waals surface area contributed by atoms with Crippen LogP contribution in [0, 0.1) is 0 Å². The number of fused-ring (bicyclic) bond motifs is 1. The highest BCUT2D eigenvalue weighted by Crippen LogP contribution is 2.23. The summed E-state index contributed by atoms with van der Waals surface area (Å²) in [7, 11) is 0. The van der Waals surface area contributed by atoms with E-state index in [0.717, 1.165) is 21.8 Å². The van der Waals surface area contributed by atoms with Crippen molar-refractivity contribution in [2.24, 2.45) is 5.73 Å². The Bertz CT molecular complexity index is 878. The second-order valence-corrected chi connectivity index (χ2v) is 7.03. The van der Waals surface area contributed by atoms with Gasteiger partial charge in [-0.3, -0.25) is 9.59 Å². The molecule has 2 aromatic carbocycles. The van der Waals surface area contributed by atoms with Crippen molar-refractivity contribution in [1.29, 1.82) is 0 Å². The Morgan fingerprint density at radius 1 is 1.20 bits per heavy atom. The van der Waals surface area contributed by atoms with E-state index in [9.17, 15) is 9.59 Å². The number of nitrogens with two attached hydrogens (primary N) is 1. The first-order valence-corrected chi connectivity index (χ1v) is 9.13. The SMILES string of the molecule is NC(=O)[C@@H](NC(=O)CSc1nc2ccccc2o1)c1ccc(Br)cc1. The average Bonchev–Trinajstić information content (AvgIpc) is 3.01. The molecule has 8 heteroatoms. The highest BCUT2D eigenvalue weighted by atomic mass is 79.9. The minimum absolute atomic E-state index is 0.0626. The number of carbonyl (C=O) groups excluding carboxylic acids is 2. The van der Waals surface area contributed by atoms with Crippen LogP contribution in [0.25, 0.3) is 11.1 Å². The third kappa shape index (κ3) is 4.40. The van der Waals surface area contributed by atoms with Gasteiger partial charge in [-0.2, -0.15) is 0 Å². The molecule has 2 amide bonds. The van der Waals surface area contributed by atoms with Crippen LogP contribution in [0.5, 0.6) is 0 Å². The Kier molecular flexibility index (Phi) is 5.40. The fourth-order valence-electron chi connectivity index (χ4n) is 2.22. The van der Waals surface area contributed by atoms with Gasteiger partial charge in [-0.25, -0.2) is 4.98 Å². The van der Waals surface area contributed by atoms with Gasteiger partial charge in [0.05, 0.1) is 5.75 Å². The zero-order valence-electron chi connectivity index (χ0n) is 12.9. The van der Waals surface area contributed by atoms with Gasteiger partial charge in [-0.15, -0.1) is 0 Å². The predicted octanol–water partition coefficient (Wildman–Crippen LogP) is 3.03. The molecule has 0 unspecified atom stereocenters. The number of para-hydroxylation sites is 2. The number of aromatic nitrogens is 1. The molecule has 3 rings (SSSR count). The minimum atomic E-state index is -0.884. The van der Waals surface area contributed by atoms with E-state index in [1.54, 1.807) is 24.3 Å². The summed E-state index contributed by atoms with van der Waals surface area (Å²) in [5, 5.41) is 3.04. The number of benzene rings is 2. The molecule has 0 fully saturated rings. The van der Waals surface area contributed by atoms with E-state index in [0.29, 0.717) is 16.4 Å². The predicted molar refractivity (Wildman–Crippen MR) is 99.0 cm³/mol. The zero-order chi connectivity index (χ0) is 17.8. The molecule has 1 heterocycles. The normalized spacial score (nSPS) is 12.0. The Morgan fingerprint density at radius 3 is 2.60 bits per heavy atom. The standard InChI is InChI=1S/C17H14BrN3O3S/c18-11-7-5-10(6-8-11)15(16(19)23)21-14(22)9-25-17-20-12-3-1-2-4-13(12)24-17/h1-8,15H,9H2,(H2,19,23)(H,21,22)/t15-/m0/s1. The molecular formula is C17H14BrN3O3S. The molecule has 0 aliphatic carbocycles. The van der Waals surface area contributed by atoms with E-state index >= 15 is 0 Å². The van der Waals surface area contributed by atoms with Gasteiger partial charge in [0.25, 0.3) is 5.22 Å². The van der Waals surface area contributed by atoms with Gasteiger partial charge in [-0.05, 0) is 29.8 Å². The number of hydrogen-bond donors (Lipinski definition) is 2. The van der Waals surface area contributed by atoms with Crippen molar-refractivity contribution >= 4 is 50.6 Å². The number of hydrogen-bond acceptors (Lipinski definition) is 5. The van der Waals surface area contributed by atoms with Crippen LogP contribution in [0.4, 0.5) is 0 Å². The summed E-state index contributed by atoms with van der Waals surface area (Å²) in [4.78, 5) is 28.1. The lowest BCUT2D eigenvalue weighted by Crippen LogP contribution is -2.38. The fourth-order valence-corrected chi connectivity index (χ4v) is 3.13. The number of nitrogens with one attached hydrogen (secondary N) is 1. The summed E-state index contributed by atoms with van der Waals surface area (Å²) in [6.07, 6.45) is 0. The van der Waals surface area contributed by atoms with Crippen LogP contribution < -0.4 is 11.1 Å². The molecule has 0 radical (unpaired) electrons. The van der Waals surface area contributed by atoms with Crippen molar-refractivity contribution in [2.75, 3.05) is 5.75 Å². The molecule has 0 bridgehead atoms. The van der Waals surface area contributed by atoms with Crippen LogP contribution in [-0.4, -0.2) is 22.6 Å². The van der Waals surface area contributed by atoms with Gasteiger partial charge in [0.2, 0.25) is 11.8 Å². The molecule has 0 saturated carbocycles. The molecule has 128 valence electrons. The van der Waals surface area contributed by atoms with Crippen LogP contribution in [0.1, 0.15) is 11.6 Å². The van der Waals surface area contributed by atoms with Crippen molar-refractivity contribution < 1.29 is 14.0 Å². The quantitative estimate of drug-likeness (QED) is 0.598. The van der Waals surface area contributed by atoms with E-state index in [2.05, 4.69) is 26.2 Å². The molecule has 0 saturated heterocycles. The number of nitrogens with zero attached hydrogens (tertiary/aromatic N) is 1. The second-order valence-electron chi connectivity index (χ2n) is 5.19. The van der Waals surface area contributed by atoms with Crippen LogP contribution >= 0.6 is 27.7 Å². The van der Waals surface area contributed by atoms with Gasteiger partial charge < -0.3 is 15.5 Å². The van der Waals surface area contributed by atoms with Crippen molar-refractivity contribution in [3.05, 3.63) is 58.6 Å². The van der Waals surface area contributed by atoms with Crippen LogP contribution in [-0.2, 0) is 9.59 Å². The first-order chi connectivity index (χ1) is 12.0. The van der Waals surface area contributed by atoms with Crippen LogP contribution in [0.15, 0.2) is 62.6 Å². The lowest BCUT2D eigenvalue weighted by Gasteiger charge is -2.15. The Hall–Kier alpha value is -2.32. The van der Waals surface area contributed by atoms with Crippen LogP contribution in [0.2, 0.25) is 0 Å². The number of thioether (sulfide) groups is 1. The molecule has 1 atom stereocenters. The molecule has 3 aromatic rings. The molecule has 0 aliphatic heterocycles. The monoisotopic (exact) mass is 419 g/mol. The minimum Gasteiger partial charge on any atom is -0.431 e. The van der Waals surface area contributed by atoms with E-state index < -0.39 is 11.9 Å². The zero-order valence-corrected chi connectivity index (χ0v) is 15.3. The topological polar surface area (TPSA) is 98.2 Å². The van der Waals surface area contributed by atoms with E-state index in [-0.39, 0.29) is 11.7 Å². The Morgan fingerprint density at radius 2 is 1.92 bits per heavy atom. The van der Waals surface area contributed by atoms with Crippen molar-refractivity contribution in [1.82, 2.24) is 10.3 Å². The summed E-state index contributed by atoms with van der Waals surface area (Å²) in [6.45, 7) is 0. The third-order valence-electron chi connectivity index (χ3n) is 3.39. The molecule has 6 nitrogen and oxygen atoms in total. The van der Waals surface area contributed by atoms with Crippen molar-refractivity contribution in [2.45, 2.75) is 11.3 Å². The Balaban J connectivity index is 1.63. The number of oxazole rings is 1. The summed E-state index contributed by atoms with van der Waals surface area (Å²) in [5.41, 5.74) is 7.43. The summed E-state index contributed by atoms with van der Waals surface area (Å²) in [5.74, 6) is -0.894. The first kappa shape index (κ1) is 17.5. The van der Waals surface area contributed by atoms with Crippen molar-refractivity contribution in [3.63, 3.8) is 0 Å². The summed E-state index contributed by atoms with van der Waals surface area (Å²) >= 11 is 4.48. The van der Waals surface area contributed by atoms with E-state index in [1.807, 2.05) is 24.3 Å². The van der Waals surface area contributed by atoms with Gasteiger partial charge in [0, 0.05) is 4.47 Å². The number of amides is 2. The van der Waals surface area contributed by atoms with Gasteiger partial charge >= 0.3 is 0 Å². The first-order valence-electron chi connectivity index (χ1n) is 7.35. The molecule has 1 aromatic heterocycles. The fraction of sp³-hybridized carbons (Fsp3) is 0.118. The van der Waals surface area contributed by atoms with Gasteiger partial charge in [-0.1, -0.05) is 52.0 Å². The number of halogens is 1. The smallest absolute Gasteiger partial charge is 0.257 e. The summed E-state index contributed by atoms with van der Waals surface area (Å²) in [6, 6.07) is 13.5. The van der Waals surface area contributed by atoms with Gasteiger partial charge in [0.1, 0.15) is 11.6 Å². The van der Waals surface area contributed by atoms with Crippen LogP contribution in [0.3, 0.4) is 0 Å². The lowest BCUT2D eigenvalue weighted by molar-refractivity contribution is -0.126. The van der Waals surface area contributed by atoms with E-state index in [1.165, 1.54) is 0 Å². The summed E-state index contributed by atoms with van der Waals surface area (Å²) < 4.78 is 6.42. The Labute approximate surface area is 156 Å². The number of rotatable bonds is 6. The average molecular weight is 420 g/mol. The maximum absolute atomic E-state index is 12.2. The van der Waals surface area contributed by atoms with Crippen molar-refractivity contribution in [3.8, 4) is 0 Å². The molecular weight excluding hydrogens is 406 g/mol. The molecule has 0 aliphatic rings. The third-order valence-corrected chi connectivity index (χ3v) is 4.75. The molecule has 0 spiro atoms. The largest absolute Gasteiger partial charge is 0.431 e. The highest BCUT2D eigenvalue weighted by Gasteiger charge is 2.20. The number of carbonyl (C=O) groups is 2. The highest BCUT2D eigenvalue weighted by molar-refractivity contribution is 9.10.